The largest absolute Gasteiger partial charge is 0.495 e. The number of carbonyl (C=O) groups excluding carboxylic acids is 2. The zero-order valence-electron chi connectivity index (χ0n) is 14.6. The molecule has 3 rings (SSSR count). The minimum atomic E-state index is -0.334. The highest BCUT2D eigenvalue weighted by molar-refractivity contribution is 6.01. The highest BCUT2D eigenvalue weighted by atomic mass is 16.5. The topological polar surface area (TPSA) is 64.6 Å². The van der Waals surface area contributed by atoms with Gasteiger partial charge in [0.1, 0.15) is 11.5 Å². The molecule has 3 aromatic rings. The third-order valence-electron chi connectivity index (χ3n) is 4.04. The van der Waals surface area contributed by atoms with Crippen molar-refractivity contribution in [2.24, 2.45) is 0 Å². The molecule has 3 aromatic carbocycles. The van der Waals surface area contributed by atoms with Crippen LogP contribution in [0.15, 0.2) is 54.6 Å². The molecule has 0 aliphatic carbocycles. The fourth-order valence-electron chi connectivity index (χ4n) is 2.77. The van der Waals surface area contributed by atoms with Crippen LogP contribution in [-0.2, 0) is 4.79 Å². The number of benzene rings is 3. The first-order valence-electron chi connectivity index (χ1n) is 8.16. The molecule has 1 amide bonds. The number of methoxy groups -OCH3 is 1. The Morgan fingerprint density at radius 3 is 2.62 bits per heavy atom. The fourth-order valence-corrected chi connectivity index (χ4v) is 2.77. The Hall–Kier alpha value is -3.34. The molecule has 0 bridgehead atoms. The summed E-state index contributed by atoms with van der Waals surface area (Å²) in [4.78, 5) is 23.7. The van der Waals surface area contributed by atoms with Gasteiger partial charge in [-0.2, -0.15) is 0 Å². The zero-order chi connectivity index (χ0) is 18.5. The maximum absolute atomic E-state index is 12.2. The number of fused-ring (bicyclic) bond motifs is 1. The monoisotopic (exact) mass is 349 g/mol. The van der Waals surface area contributed by atoms with Crippen molar-refractivity contribution in [2.75, 3.05) is 19.0 Å². The van der Waals surface area contributed by atoms with Crippen molar-refractivity contribution in [1.29, 1.82) is 0 Å². The number of rotatable bonds is 6. The summed E-state index contributed by atoms with van der Waals surface area (Å²) < 4.78 is 10.8. The number of amides is 1. The molecule has 0 unspecified atom stereocenters. The number of aryl methyl sites for hydroxylation is 1. The van der Waals surface area contributed by atoms with Crippen molar-refractivity contribution in [3.05, 3.63) is 65.7 Å². The van der Waals surface area contributed by atoms with Gasteiger partial charge in [-0.3, -0.25) is 9.59 Å². The average Bonchev–Trinajstić information content (AvgIpc) is 2.66. The summed E-state index contributed by atoms with van der Waals surface area (Å²) in [5, 5.41) is 4.50. The molecule has 0 saturated carbocycles. The molecule has 0 aliphatic rings. The predicted molar refractivity (Wildman–Crippen MR) is 101 cm³/mol. The van der Waals surface area contributed by atoms with Crippen LogP contribution in [-0.4, -0.2) is 25.9 Å². The second-order valence-electron chi connectivity index (χ2n) is 5.86. The van der Waals surface area contributed by atoms with Crippen LogP contribution in [0.3, 0.4) is 0 Å². The summed E-state index contributed by atoms with van der Waals surface area (Å²) in [7, 11) is 1.54. The SMILES string of the molecule is COc1ccc(C)cc1NC(=O)COc1ccc2ccccc2c1C=O. The highest BCUT2D eigenvalue weighted by Gasteiger charge is 2.12. The minimum Gasteiger partial charge on any atom is -0.495 e. The van der Waals surface area contributed by atoms with Crippen LogP contribution < -0.4 is 14.8 Å². The van der Waals surface area contributed by atoms with Crippen LogP contribution in [0, 0.1) is 6.92 Å². The van der Waals surface area contributed by atoms with Gasteiger partial charge in [0.2, 0.25) is 0 Å². The third-order valence-corrected chi connectivity index (χ3v) is 4.04. The lowest BCUT2D eigenvalue weighted by Gasteiger charge is -2.13. The van der Waals surface area contributed by atoms with Gasteiger partial charge in [-0.15, -0.1) is 0 Å². The van der Waals surface area contributed by atoms with Gasteiger partial charge in [-0.1, -0.05) is 36.4 Å². The summed E-state index contributed by atoms with van der Waals surface area (Å²) in [6, 6.07) is 16.6. The van der Waals surface area contributed by atoms with Gasteiger partial charge in [0.15, 0.2) is 12.9 Å². The molecule has 0 saturated heterocycles. The number of aldehydes is 1. The third kappa shape index (κ3) is 3.67. The van der Waals surface area contributed by atoms with E-state index in [1.807, 2.05) is 49.4 Å². The molecule has 0 spiro atoms. The molecular weight excluding hydrogens is 330 g/mol. The van der Waals surface area contributed by atoms with Gasteiger partial charge < -0.3 is 14.8 Å². The van der Waals surface area contributed by atoms with Crippen LogP contribution in [0.5, 0.6) is 11.5 Å². The van der Waals surface area contributed by atoms with Gasteiger partial charge in [-0.05, 0) is 41.5 Å². The molecular formula is C21H19NO4. The fraction of sp³-hybridized carbons (Fsp3) is 0.143. The Labute approximate surface area is 151 Å². The Morgan fingerprint density at radius 1 is 1.08 bits per heavy atom. The normalized spacial score (nSPS) is 10.4. The molecule has 0 aliphatic heterocycles. The minimum absolute atomic E-state index is 0.212. The number of ether oxygens (including phenoxy) is 2. The van der Waals surface area contributed by atoms with Gasteiger partial charge in [0.25, 0.3) is 5.91 Å². The van der Waals surface area contributed by atoms with E-state index in [-0.39, 0.29) is 12.5 Å². The van der Waals surface area contributed by atoms with Crippen LogP contribution >= 0.6 is 0 Å². The number of carbonyl (C=O) groups is 2. The van der Waals surface area contributed by atoms with E-state index in [1.54, 1.807) is 19.2 Å². The van der Waals surface area contributed by atoms with E-state index < -0.39 is 0 Å². The molecule has 132 valence electrons. The summed E-state index contributed by atoms with van der Waals surface area (Å²) in [5.74, 6) is 0.618. The Kier molecular flexibility index (Phi) is 5.17. The Balaban J connectivity index is 1.75. The molecule has 1 N–H and O–H groups in total. The van der Waals surface area contributed by atoms with Crippen molar-refractivity contribution in [1.82, 2.24) is 0 Å². The second-order valence-corrected chi connectivity index (χ2v) is 5.86. The van der Waals surface area contributed by atoms with E-state index in [4.69, 9.17) is 9.47 Å². The molecule has 0 radical (unpaired) electrons. The lowest BCUT2D eigenvalue weighted by atomic mass is 10.0. The van der Waals surface area contributed by atoms with Crippen molar-refractivity contribution in [3.8, 4) is 11.5 Å². The summed E-state index contributed by atoms with van der Waals surface area (Å²) in [5.41, 5.74) is 2.01. The van der Waals surface area contributed by atoms with E-state index in [0.29, 0.717) is 22.7 Å². The number of nitrogens with one attached hydrogen (secondary N) is 1. The van der Waals surface area contributed by atoms with E-state index in [0.717, 1.165) is 22.6 Å². The molecule has 0 heterocycles. The maximum atomic E-state index is 12.2. The molecule has 5 nitrogen and oxygen atoms in total. The molecule has 5 heteroatoms. The number of hydrogen-bond acceptors (Lipinski definition) is 4. The van der Waals surface area contributed by atoms with E-state index in [9.17, 15) is 9.59 Å². The van der Waals surface area contributed by atoms with Crippen LogP contribution in [0.1, 0.15) is 15.9 Å². The highest BCUT2D eigenvalue weighted by Crippen LogP contribution is 2.27. The van der Waals surface area contributed by atoms with Gasteiger partial charge in [0.05, 0.1) is 18.4 Å². The summed E-state index contributed by atoms with van der Waals surface area (Å²) >= 11 is 0. The zero-order valence-corrected chi connectivity index (χ0v) is 14.6. The number of hydrogen-bond donors (Lipinski definition) is 1. The molecule has 0 aromatic heterocycles. The van der Waals surface area contributed by atoms with E-state index in [2.05, 4.69) is 5.32 Å². The molecule has 26 heavy (non-hydrogen) atoms. The van der Waals surface area contributed by atoms with Crippen LogP contribution in [0.25, 0.3) is 10.8 Å². The standard InChI is InChI=1S/C21H19NO4/c1-14-7-9-20(25-2)18(11-14)22-21(24)13-26-19-10-8-15-5-3-4-6-16(15)17(19)12-23/h3-12H,13H2,1-2H3,(H,22,24). The first kappa shape index (κ1) is 17.5. The van der Waals surface area contributed by atoms with Crippen LogP contribution in [0.4, 0.5) is 5.69 Å². The lowest BCUT2D eigenvalue weighted by molar-refractivity contribution is -0.118. The molecule has 0 atom stereocenters. The van der Waals surface area contributed by atoms with Gasteiger partial charge in [0, 0.05) is 0 Å². The lowest BCUT2D eigenvalue weighted by Crippen LogP contribution is -2.21. The first-order valence-corrected chi connectivity index (χ1v) is 8.16. The summed E-state index contributed by atoms with van der Waals surface area (Å²) in [6.07, 6.45) is 0.749. The first-order chi connectivity index (χ1) is 12.6. The Bertz CT molecular complexity index is 965. The average molecular weight is 349 g/mol. The van der Waals surface area contributed by atoms with Crippen molar-refractivity contribution in [3.63, 3.8) is 0 Å². The Morgan fingerprint density at radius 2 is 1.85 bits per heavy atom. The van der Waals surface area contributed by atoms with Crippen molar-refractivity contribution >= 4 is 28.7 Å². The predicted octanol–water partition coefficient (Wildman–Crippen LogP) is 3.99. The molecule has 0 fully saturated rings. The second kappa shape index (κ2) is 7.70. The van der Waals surface area contributed by atoms with Gasteiger partial charge in [-0.25, -0.2) is 0 Å². The van der Waals surface area contributed by atoms with Gasteiger partial charge >= 0.3 is 0 Å². The summed E-state index contributed by atoms with van der Waals surface area (Å²) in [6.45, 7) is 1.72. The smallest absolute Gasteiger partial charge is 0.262 e. The van der Waals surface area contributed by atoms with Crippen molar-refractivity contribution < 1.29 is 19.1 Å². The van der Waals surface area contributed by atoms with Crippen LogP contribution in [0.2, 0.25) is 0 Å². The van der Waals surface area contributed by atoms with E-state index in [1.165, 1.54) is 0 Å². The maximum Gasteiger partial charge on any atom is 0.262 e. The quantitative estimate of drug-likeness (QED) is 0.684. The number of anilines is 1. The van der Waals surface area contributed by atoms with Crippen molar-refractivity contribution in [2.45, 2.75) is 6.92 Å². The van der Waals surface area contributed by atoms with E-state index >= 15 is 0 Å².